The Bertz CT molecular complexity index is 1080. The summed E-state index contributed by atoms with van der Waals surface area (Å²) >= 11 is 6.18. The predicted molar refractivity (Wildman–Crippen MR) is 122 cm³/mol. The summed E-state index contributed by atoms with van der Waals surface area (Å²) in [6.07, 6.45) is 0.701. The number of amides is 1. The van der Waals surface area contributed by atoms with Crippen LogP contribution in [-0.2, 0) is 27.3 Å². The maximum absolute atomic E-state index is 12.6. The Morgan fingerprint density at radius 1 is 0.903 bits per heavy atom. The standard InChI is InChI=1S/C25H24ClNO4/c1-17(28)27(24-15-21(26)11-12-23(24)25(29)31-3)22-6-4-5-20(14-22)13-18-7-9-19(10-8-18)16-30-2/h4-12,14-15H,13,16H2,1-3H3. The van der Waals surface area contributed by atoms with Gasteiger partial charge in [0.2, 0.25) is 5.91 Å². The van der Waals surface area contributed by atoms with Gasteiger partial charge in [-0.05, 0) is 53.4 Å². The molecule has 1 amide bonds. The van der Waals surface area contributed by atoms with Crippen LogP contribution in [0.1, 0.15) is 34.0 Å². The molecule has 0 saturated heterocycles. The summed E-state index contributed by atoms with van der Waals surface area (Å²) in [5.41, 5.74) is 4.58. The van der Waals surface area contributed by atoms with Crippen molar-refractivity contribution >= 4 is 34.9 Å². The number of hydrogen-bond donors (Lipinski definition) is 0. The first kappa shape index (κ1) is 22.5. The Morgan fingerprint density at radius 2 is 1.61 bits per heavy atom. The van der Waals surface area contributed by atoms with Gasteiger partial charge in [-0.1, -0.05) is 48.0 Å². The van der Waals surface area contributed by atoms with Crippen molar-refractivity contribution in [2.24, 2.45) is 0 Å². The summed E-state index contributed by atoms with van der Waals surface area (Å²) in [5.74, 6) is -0.779. The normalized spacial score (nSPS) is 10.6. The van der Waals surface area contributed by atoms with Crippen LogP contribution in [-0.4, -0.2) is 26.1 Å². The van der Waals surface area contributed by atoms with Gasteiger partial charge in [0.05, 0.1) is 25.0 Å². The van der Waals surface area contributed by atoms with Gasteiger partial charge in [-0.15, -0.1) is 0 Å². The number of carbonyl (C=O) groups is 2. The fraction of sp³-hybridized carbons (Fsp3) is 0.200. The summed E-state index contributed by atoms with van der Waals surface area (Å²) in [7, 11) is 2.98. The molecule has 31 heavy (non-hydrogen) atoms. The second-order valence-corrected chi connectivity index (χ2v) is 7.54. The molecule has 0 spiro atoms. The summed E-state index contributed by atoms with van der Waals surface area (Å²) in [6.45, 7) is 2.02. The van der Waals surface area contributed by atoms with Crippen LogP contribution in [0.5, 0.6) is 0 Å². The topological polar surface area (TPSA) is 55.8 Å². The fourth-order valence-corrected chi connectivity index (χ4v) is 3.59. The van der Waals surface area contributed by atoms with E-state index in [0.717, 1.165) is 16.7 Å². The van der Waals surface area contributed by atoms with Crippen molar-refractivity contribution in [1.29, 1.82) is 0 Å². The van der Waals surface area contributed by atoms with Gasteiger partial charge in [0.15, 0.2) is 0 Å². The maximum atomic E-state index is 12.6. The molecule has 0 atom stereocenters. The quantitative estimate of drug-likeness (QED) is 0.455. The van der Waals surface area contributed by atoms with Crippen LogP contribution in [0.3, 0.4) is 0 Å². The highest BCUT2D eigenvalue weighted by Gasteiger charge is 2.22. The number of nitrogens with zero attached hydrogens (tertiary/aromatic N) is 1. The summed E-state index contributed by atoms with van der Waals surface area (Å²) < 4.78 is 10.0. The van der Waals surface area contributed by atoms with Gasteiger partial charge in [-0.3, -0.25) is 9.69 Å². The number of rotatable bonds is 7. The van der Waals surface area contributed by atoms with E-state index in [4.69, 9.17) is 21.1 Å². The van der Waals surface area contributed by atoms with Crippen LogP contribution in [0, 0.1) is 0 Å². The molecule has 3 aromatic carbocycles. The van der Waals surface area contributed by atoms with E-state index in [2.05, 4.69) is 12.1 Å². The zero-order chi connectivity index (χ0) is 22.4. The van der Waals surface area contributed by atoms with Crippen molar-refractivity contribution in [3.8, 4) is 0 Å². The van der Waals surface area contributed by atoms with Crippen molar-refractivity contribution in [2.75, 3.05) is 19.1 Å². The molecule has 0 saturated carbocycles. The van der Waals surface area contributed by atoms with Crippen LogP contribution >= 0.6 is 11.6 Å². The predicted octanol–water partition coefficient (Wildman–Crippen LogP) is 5.55. The summed E-state index contributed by atoms with van der Waals surface area (Å²) in [4.78, 5) is 26.4. The molecule has 160 valence electrons. The van der Waals surface area contributed by atoms with E-state index < -0.39 is 5.97 Å². The largest absolute Gasteiger partial charge is 0.465 e. The maximum Gasteiger partial charge on any atom is 0.339 e. The highest BCUT2D eigenvalue weighted by Crippen LogP contribution is 2.32. The fourth-order valence-electron chi connectivity index (χ4n) is 3.42. The van der Waals surface area contributed by atoms with Crippen LogP contribution in [0.2, 0.25) is 5.02 Å². The van der Waals surface area contributed by atoms with Gasteiger partial charge < -0.3 is 9.47 Å². The van der Waals surface area contributed by atoms with E-state index in [1.807, 2.05) is 36.4 Å². The summed E-state index contributed by atoms with van der Waals surface area (Å²) in [6, 6.07) is 20.6. The van der Waals surface area contributed by atoms with E-state index in [1.54, 1.807) is 25.3 Å². The molecule has 6 heteroatoms. The number of ether oxygens (including phenoxy) is 2. The number of carbonyl (C=O) groups excluding carboxylic acids is 2. The van der Waals surface area contributed by atoms with E-state index in [-0.39, 0.29) is 11.5 Å². The molecule has 0 aromatic heterocycles. The lowest BCUT2D eigenvalue weighted by atomic mass is 10.0. The van der Waals surface area contributed by atoms with E-state index >= 15 is 0 Å². The number of hydrogen-bond acceptors (Lipinski definition) is 4. The Labute approximate surface area is 187 Å². The molecule has 3 aromatic rings. The zero-order valence-corrected chi connectivity index (χ0v) is 18.5. The number of anilines is 2. The highest BCUT2D eigenvalue weighted by atomic mass is 35.5. The minimum absolute atomic E-state index is 0.242. The highest BCUT2D eigenvalue weighted by molar-refractivity contribution is 6.31. The van der Waals surface area contributed by atoms with E-state index in [9.17, 15) is 9.59 Å². The molecule has 0 unspecified atom stereocenters. The minimum Gasteiger partial charge on any atom is -0.465 e. The van der Waals surface area contributed by atoms with Gasteiger partial charge >= 0.3 is 5.97 Å². The average Bonchev–Trinajstić information content (AvgIpc) is 2.75. The third kappa shape index (κ3) is 5.51. The van der Waals surface area contributed by atoms with Crippen molar-refractivity contribution < 1.29 is 19.1 Å². The molecule has 0 aliphatic rings. The Morgan fingerprint density at radius 3 is 2.26 bits per heavy atom. The molecule has 0 heterocycles. The Kier molecular flexibility index (Phi) is 7.45. The molecule has 3 rings (SSSR count). The molecule has 0 bridgehead atoms. The van der Waals surface area contributed by atoms with Gasteiger partial charge in [0.25, 0.3) is 0 Å². The van der Waals surface area contributed by atoms with E-state index in [1.165, 1.54) is 18.9 Å². The molecule has 0 fully saturated rings. The van der Waals surface area contributed by atoms with Crippen molar-refractivity contribution in [1.82, 2.24) is 0 Å². The first-order valence-corrected chi connectivity index (χ1v) is 10.1. The third-order valence-corrected chi connectivity index (χ3v) is 5.07. The smallest absolute Gasteiger partial charge is 0.339 e. The number of esters is 1. The van der Waals surface area contributed by atoms with E-state index in [0.29, 0.717) is 29.4 Å². The lowest BCUT2D eigenvalue weighted by Crippen LogP contribution is -2.25. The van der Waals surface area contributed by atoms with Crippen LogP contribution < -0.4 is 4.90 Å². The minimum atomic E-state index is -0.537. The molecular formula is C25H24ClNO4. The zero-order valence-electron chi connectivity index (χ0n) is 17.7. The Balaban J connectivity index is 1.96. The second kappa shape index (κ2) is 10.2. The molecule has 0 aliphatic carbocycles. The summed E-state index contributed by atoms with van der Waals surface area (Å²) in [5, 5.41) is 0.418. The van der Waals surface area contributed by atoms with Crippen molar-refractivity contribution in [3.05, 3.63) is 94.0 Å². The molecule has 0 aliphatic heterocycles. The van der Waals surface area contributed by atoms with Gasteiger partial charge in [-0.25, -0.2) is 4.79 Å². The molecule has 0 radical (unpaired) electrons. The third-order valence-electron chi connectivity index (χ3n) is 4.83. The van der Waals surface area contributed by atoms with Crippen molar-refractivity contribution in [2.45, 2.75) is 20.0 Å². The number of halogens is 1. The van der Waals surface area contributed by atoms with Crippen LogP contribution in [0.15, 0.2) is 66.7 Å². The number of methoxy groups -OCH3 is 2. The van der Waals surface area contributed by atoms with Gasteiger partial charge in [0, 0.05) is 24.7 Å². The first-order valence-electron chi connectivity index (χ1n) is 9.77. The average molecular weight is 438 g/mol. The molecule has 5 nitrogen and oxygen atoms in total. The van der Waals surface area contributed by atoms with Gasteiger partial charge in [0.1, 0.15) is 0 Å². The second-order valence-electron chi connectivity index (χ2n) is 7.10. The lowest BCUT2D eigenvalue weighted by Gasteiger charge is -2.24. The van der Waals surface area contributed by atoms with Crippen molar-refractivity contribution in [3.63, 3.8) is 0 Å². The molecule has 0 N–H and O–H groups in total. The lowest BCUT2D eigenvalue weighted by molar-refractivity contribution is -0.115. The molecular weight excluding hydrogens is 414 g/mol. The van der Waals surface area contributed by atoms with Gasteiger partial charge in [-0.2, -0.15) is 0 Å². The van der Waals surface area contributed by atoms with Crippen LogP contribution in [0.4, 0.5) is 11.4 Å². The monoisotopic (exact) mass is 437 g/mol. The SMILES string of the molecule is COCc1ccc(Cc2cccc(N(C(C)=O)c3cc(Cl)ccc3C(=O)OC)c2)cc1. The first-order chi connectivity index (χ1) is 14.9. The number of benzene rings is 3. The Hall–Kier alpha value is -3.15. The van der Waals surface area contributed by atoms with Crippen LogP contribution in [0.25, 0.3) is 0 Å².